The summed E-state index contributed by atoms with van der Waals surface area (Å²) in [6.07, 6.45) is -0.881. The van der Waals surface area contributed by atoms with Crippen molar-refractivity contribution in [1.29, 1.82) is 0 Å². The number of piperazine rings is 1. The van der Waals surface area contributed by atoms with Crippen LogP contribution >= 0.6 is 0 Å². The van der Waals surface area contributed by atoms with Gasteiger partial charge in [-0.3, -0.25) is 0 Å². The minimum atomic E-state index is -4.12. The predicted octanol–water partition coefficient (Wildman–Crippen LogP) is 5.97. The van der Waals surface area contributed by atoms with E-state index in [0.29, 0.717) is 37.8 Å². The van der Waals surface area contributed by atoms with Gasteiger partial charge in [0, 0.05) is 24.2 Å². The maximum atomic E-state index is 13.1. The molecule has 3 saturated carbocycles. The van der Waals surface area contributed by atoms with Gasteiger partial charge in [-0.1, -0.05) is 12.8 Å². The van der Waals surface area contributed by atoms with Gasteiger partial charge < -0.3 is 10.6 Å². The van der Waals surface area contributed by atoms with E-state index >= 15 is 0 Å². The lowest BCUT2D eigenvalue weighted by atomic mass is 9.68. The Balaban J connectivity index is 1.44. The molecule has 2 nitrogen and oxygen atoms in total. The smallest absolute Gasteiger partial charge is 0.308 e. The Kier molecular flexibility index (Phi) is 6.65. The Morgan fingerprint density at radius 1 is 0.467 bits per heavy atom. The molecule has 4 aliphatic rings. The fourth-order valence-corrected chi connectivity index (χ4v) is 6.70. The molecule has 0 amide bonds. The Morgan fingerprint density at radius 2 is 0.800 bits per heavy atom. The van der Waals surface area contributed by atoms with E-state index in [4.69, 9.17) is 0 Å². The number of rotatable bonds is 2. The van der Waals surface area contributed by atoms with E-state index in [1.54, 1.807) is 0 Å². The molecule has 0 aromatic heterocycles. The maximum Gasteiger partial charge on any atom is 0.391 e. The van der Waals surface area contributed by atoms with Crippen LogP contribution in [0, 0.1) is 23.7 Å². The number of fused-ring (bicyclic) bond motifs is 1. The highest BCUT2D eigenvalue weighted by Gasteiger charge is 2.49. The van der Waals surface area contributed by atoms with Crippen molar-refractivity contribution in [2.45, 2.75) is 114 Å². The van der Waals surface area contributed by atoms with Crippen LogP contribution in [0.15, 0.2) is 0 Å². The van der Waals surface area contributed by atoms with Crippen LogP contribution in [0.25, 0.3) is 0 Å². The van der Waals surface area contributed by atoms with Gasteiger partial charge in [0.2, 0.25) is 0 Å². The zero-order chi connectivity index (χ0) is 21.5. The van der Waals surface area contributed by atoms with Crippen LogP contribution in [0.4, 0.5) is 26.3 Å². The van der Waals surface area contributed by atoms with Crippen molar-refractivity contribution in [3.05, 3.63) is 0 Å². The maximum absolute atomic E-state index is 13.1. The predicted molar refractivity (Wildman–Crippen MR) is 103 cm³/mol. The minimum absolute atomic E-state index is 0.0750. The molecule has 4 fully saturated rings. The highest BCUT2D eigenvalue weighted by Crippen LogP contribution is 2.45. The molecule has 4 rings (SSSR count). The molecular formula is C22H34F6N2. The summed E-state index contributed by atoms with van der Waals surface area (Å²) in [4.78, 5) is 0. The SMILES string of the molecule is FC(F)(F)C1CCC(C2NC3CCCCC3NC2C2CCC(C(F)(F)F)CC2)CC1. The zero-order valence-electron chi connectivity index (χ0n) is 17.4. The van der Waals surface area contributed by atoms with E-state index in [1.807, 2.05) is 0 Å². The van der Waals surface area contributed by atoms with Crippen molar-refractivity contribution in [2.75, 3.05) is 0 Å². The molecule has 3 aliphatic carbocycles. The first-order valence-corrected chi connectivity index (χ1v) is 11.8. The third kappa shape index (κ3) is 4.94. The fourth-order valence-electron chi connectivity index (χ4n) is 6.70. The second-order valence-electron chi connectivity index (χ2n) is 10.2. The van der Waals surface area contributed by atoms with Gasteiger partial charge in [-0.15, -0.1) is 0 Å². The summed E-state index contributed by atoms with van der Waals surface area (Å²) in [7, 11) is 0. The van der Waals surface area contributed by atoms with Crippen molar-refractivity contribution in [3.8, 4) is 0 Å². The number of hydrogen-bond donors (Lipinski definition) is 2. The average Bonchev–Trinajstić information content (AvgIpc) is 2.72. The second-order valence-corrected chi connectivity index (χ2v) is 10.2. The number of alkyl halides is 6. The molecule has 0 radical (unpaired) electrons. The molecular weight excluding hydrogens is 406 g/mol. The highest BCUT2D eigenvalue weighted by atomic mass is 19.4. The average molecular weight is 441 g/mol. The lowest BCUT2D eigenvalue weighted by Gasteiger charge is -2.52. The summed E-state index contributed by atoms with van der Waals surface area (Å²) in [5.41, 5.74) is 0. The third-order valence-electron chi connectivity index (χ3n) is 8.45. The fraction of sp³-hybridized carbons (Fsp3) is 1.00. The van der Waals surface area contributed by atoms with Gasteiger partial charge in [0.15, 0.2) is 0 Å². The van der Waals surface area contributed by atoms with Crippen LogP contribution in [-0.4, -0.2) is 36.5 Å². The van der Waals surface area contributed by atoms with Crippen LogP contribution in [0.1, 0.15) is 77.0 Å². The van der Waals surface area contributed by atoms with Gasteiger partial charge in [0.25, 0.3) is 0 Å². The summed E-state index contributed by atoms with van der Waals surface area (Å²) in [5.74, 6) is -2.06. The zero-order valence-corrected chi connectivity index (χ0v) is 17.4. The molecule has 1 heterocycles. The third-order valence-corrected chi connectivity index (χ3v) is 8.45. The topological polar surface area (TPSA) is 24.1 Å². The molecule has 2 N–H and O–H groups in total. The lowest BCUT2D eigenvalue weighted by molar-refractivity contribution is -0.187. The summed E-state index contributed by atoms with van der Waals surface area (Å²) in [6.45, 7) is 0. The largest absolute Gasteiger partial charge is 0.391 e. The summed E-state index contributed by atoms with van der Waals surface area (Å²) in [5, 5.41) is 7.60. The summed E-state index contributed by atoms with van der Waals surface area (Å²) < 4.78 is 78.7. The van der Waals surface area contributed by atoms with E-state index in [9.17, 15) is 26.3 Å². The van der Waals surface area contributed by atoms with Gasteiger partial charge in [-0.05, 0) is 76.0 Å². The van der Waals surface area contributed by atoms with Crippen molar-refractivity contribution in [2.24, 2.45) is 23.7 Å². The van der Waals surface area contributed by atoms with E-state index in [-0.39, 0.29) is 49.6 Å². The molecule has 4 unspecified atom stereocenters. The molecule has 0 aromatic carbocycles. The second kappa shape index (κ2) is 8.80. The van der Waals surface area contributed by atoms with Crippen LogP contribution in [0.2, 0.25) is 0 Å². The molecule has 0 aromatic rings. The van der Waals surface area contributed by atoms with Gasteiger partial charge in [-0.2, -0.15) is 26.3 Å². The molecule has 0 bridgehead atoms. The quantitative estimate of drug-likeness (QED) is 0.518. The Labute approximate surface area is 174 Å². The molecule has 1 aliphatic heterocycles. The van der Waals surface area contributed by atoms with Crippen LogP contribution in [0.3, 0.4) is 0 Å². The Morgan fingerprint density at radius 3 is 1.10 bits per heavy atom. The highest BCUT2D eigenvalue weighted by molar-refractivity contribution is 5.05. The summed E-state index contributed by atoms with van der Waals surface area (Å²) >= 11 is 0. The molecule has 8 heteroatoms. The van der Waals surface area contributed by atoms with Crippen LogP contribution < -0.4 is 10.6 Å². The van der Waals surface area contributed by atoms with Crippen molar-refractivity contribution >= 4 is 0 Å². The molecule has 4 atom stereocenters. The van der Waals surface area contributed by atoms with Gasteiger partial charge in [0.1, 0.15) is 0 Å². The van der Waals surface area contributed by atoms with Crippen molar-refractivity contribution in [3.63, 3.8) is 0 Å². The monoisotopic (exact) mass is 440 g/mol. The number of nitrogens with one attached hydrogen (secondary N) is 2. The normalized spacial score (nSPS) is 43.8. The minimum Gasteiger partial charge on any atom is -0.308 e. The van der Waals surface area contributed by atoms with Gasteiger partial charge in [-0.25, -0.2) is 0 Å². The van der Waals surface area contributed by atoms with E-state index < -0.39 is 24.2 Å². The van der Waals surface area contributed by atoms with Gasteiger partial charge in [0.05, 0.1) is 11.8 Å². The molecule has 0 spiro atoms. The lowest BCUT2D eigenvalue weighted by Crippen LogP contribution is -2.70. The first-order chi connectivity index (χ1) is 14.1. The van der Waals surface area contributed by atoms with E-state index in [0.717, 1.165) is 25.7 Å². The van der Waals surface area contributed by atoms with Crippen LogP contribution in [0.5, 0.6) is 0 Å². The standard InChI is InChI=1S/C22H34F6N2/c23-21(24,25)15-9-5-13(6-10-15)19-20(30-18-4-2-1-3-17(18)29-19)14-7-11-16(12-8-14)22(26,27)28/h13-20,29-30H,1-12H2. The molecule has 30 heavy (non-hydrogen) atoms. The number of halogens is 6. The van der Waals surface area contributed by atoms with Crippen molar-refractivity contribution < 1.29 is 26.3 Å². The molecule has 174 valence electrons. The molecule has 1 saturated heterocycles. The first kappa shape index (κ1) is 22.7. The Hall–Kier alpha value is -0.500. The van der Waals surface area contributed by atoms with E-state index in [1.165, 1.54) is 0 Å². The van der Waals surface area contributed by atoms with Crippen molar-refractivity contribution in [1.82, 2.24) is 10.6 Å². The Bertz CT molecular complexity index is 511. The number of hydrogen-bond acceptors (Lipinski definition) is 2. The van der Waals surface area contributed by atoms with E-state index in [2.05, 4.69) is 10.6 Å². The summed E-state index contributed by atoms with van der Waals surface area (Å²) in [6, 6.07) is 0.829. The van der Waals surface area contributed by atoms with Gasteiger partial charge >= 0.3 is 12.4 Å². The van der Waals surface area contributed by atoms with Crippen LogP contribution in [-0.2, 0) is 0 Å². The first-order valence-electron chi connectivity index (χ1n) is 11.8.